The molecule has 0 N–H and O–H groups in total. The second kappa shape index (κ2) is 8.93. The first-order chi connectivity index (χ1) is 9.15. The van der Waals surface area contributed by atoms with Gasteiger partial charge in [0, 0.05) is 11.0 Å². The summed E-state index contributed by atoms with van der Waals surface area (Å²) in [5, 5.41) is 0. The summed E-state index contributed by atoms with van der Waals surface area (Å²) < 4.78 is 11.4. The third-order valence-electron chi connectivity index (χ3n) is 2.74. The molecule has 1 aromatic rings. The molecule has 1 rings (SSSR count). The Morgan fingerprint density at radius 1 is 1.21 bits per heavy atom. The average molecular weight is 330 g/mol. The van der Waals surface area contributed by atoms with Gasteiger partial charge >= 0.3 is 5.97 Å². The first kappa shape index (κ1) is 16.0. The van der Waals surface area contributed by atoms with Crippen molar-refractivity contribution in [2.24, 2.45) is 0 Å². The molecule has 0 saturated carbocycles. The zero-order chi connectivity index (χ0) is 14.1. The highest BCUT2D eigenvalue weighted by atomic mass is 79.9. The minimum Gasteiger partial charge on any atom is -0.482 e. The summed E-state index contributed by atoms with van der Waals surface area (Å²) in [7, 11) is 0. The van der Waals surface area contributed by atoms with Gasteiger partial charge in [-0.25, -0.2) is 4.79 Å². The van der Waals surface area contributed by atoms with Crippen LogP contribution in [0.1, 0.15) is 13.8 Å². The second-order valence-corrected chi connectivity index (χ2v) is 4.91. The normalized spacial score (nSPS) is 10.5. The highest BCUT2D eigenvalue weighted by molar-refractivity contribution is 9.10. The van der Waals surface area contributed by atoms with Crippen molar-refractivity contribution < 1.29 is 14.3 Å². The van der Waals surface area contributed by atoms with Crippen molar-refractivity contribution in [2.75, 3.05) is 32.8 Å². The molecule has 0 radical (unpaired) electrons. The molecule has 0 saturated heterocycles. The number of ether oxygens (including phenoxy) is 2. The summed E-state index contributed by atoms with van der Waals surface area (Å²) >= 11 is 3.33. The fraction of sp³-hybridized carbons (Fsp3) is 0.500. The monoisotopic (exact) mass is 329 g/mol. The molecule has 5 heteroatoms. The van der Waals surface area contributed by atoms with Gasteiger partial charge in [0.15, 0.2) is 6.61 Å². The van der Waals surface area contributed by atoms with Crippen molar-refractivity contribution >= 4 is 21.9 Å². The lowest BCUT2D eigenvalue weighted by molar-refractivity contribution is -0.146. The van der Waals surface area contributed by atoms with E-state index in [1.807, 2.05) is 12.1 Å². The number of likely N-dealkylation sites (N-methyl/N-ethyl adjacent to an activating group) is 1. The van der Waals surface area contributed by atoms with Gasteiger partial charge in [-0.05, 0) is 37.4 Å². The van der Waals surface area contributed by atoms with E-state index in [2.05, 4.69) is 34.7 Å². The number of benzene rings is 1. The van der Waals surface area contributed by atoms with Gasteiger partial charge in [-0.3, -0.25) is 0 Å². The highest BCUT2D eigenvalue weighted by Crippen LogP contribution is 2.15. The van der Waals surface area contributed by atoms with Crippen molar-refractivity contribution in [1.29, 1.82) is 0 Å². The van der Waals surface area contributed by atoms with Gasteiger partial charge in [0.05, 0.1) is 0 Å². The minimum absolute atomic E-state index is 0.0557. The maximum atomic E-state index is 11.5. The summed E-state index contributed by atoms with van der Waals surface area (Å²) in [6.07, 6.45) is 0. The summed E-state index contributed by atoms with van der Waals surface area (Å²) in [5.41, 5.74) is 0. The Morgan fingerprint density at radius 3 is 2.42 bits per heavy atom. The summed E-state index contributed by atoms with van der Waals surface area (Å²) in [6, 6.07) is 7.32. The Balaban J connectivity index is 2.19. The molecule has 19 heavy (non-hydrogen) atoms. The predicted octanol–water partition coefficient (Wildman–Crippen LogP) is 2.71. The van der Waals surface area contributed by atoms with E-state index >= 15 is 0 Å². The number of rotatable bonds is 8. The molecule has 0 amide bonds. The van der Waals surface area contributed by atoms with Crippen molar-refractivity contribution in [3.05, 3.63) is 28.7 Å². The minimum atomic E-state index is -0.338. The van der Waals surface area contributed by atoms with E-state index in [1.54, 1.807) is 12.1 Å². The summed E-state index contributed by atoms with van der Waals surface area (Å²) in [5.74, 6) is 0.318. The van der Waals surface area contributed by atoms with Crippen molar-refractivity contribution in [3.63, 3.8) is 0 Å². The van der Waals surface area contributed by atoms with Gasteiger partial charge in [-0.1, -0.05) is 29.8 Å². The van der Waals surface area contributed by atoms with E-state index < -0.39 is 0 Å². The van der Waals surface area contributed by atoms with Crippen LogP contribution in [0.25, 0.3) is 0 Å². The van der Waals surface area contributed by atoms with Crippen molar-refractivity contribution in [1.82, 2.24) is 4.90 Å². The average Bonchev–Trinajstić information content (AvgIpc) is 2.43. The van der Waals surface area contributed by atoms with Crippen LogP contribution in [0, 0.1) is 0 Å². The van der Waals surface area contributed by atoms with Gasteiger partial charge in [-0.15, -0.1) is 0 Å². The molecule has 0 fully saturated rings. The Bertz CT molecular complexity index is 377. The van der Waals surface area contributed by atoms with Crippen LogP contribution in [0.3, 0.4) is 0 Å². The fourth-order valence-corrected chi connectivity index (χ4v) is 1.81. The van der Waals surface area contributed by atoms with Crippen LogP contribution < -0.4 is 4.74 Å². The number of esters is 1. The van der Waals surface area contributed by atoms with Crippen LogP contribution in [0.15, 0.2) is 28.7 Å². The van der Waals surface area contributed by atoms with Crippen LogP contribution in [0.2, 0.25) is 0 Å². The lowest BCUT2D eigenvalue weighted by Crippen LogP contribution is -2.28. The molecule has 106 valence electrons. The Kier molecular flexibility index (Phi) is 7.52. The molecule has 0 unspecified atom stereocenters. The predicted molar refractivity (Wildman–Crippen MR) is 78.4 cm³/mol. The Labute approximate surface area is 122 Å². The molecule has 0 aliphatic rings. The van der Waals surface area contributed by atoms with Crippen LogP contribution >= 0.6 is 15.9 Å². The van der Waals surface area contributed by atoms with Gasteiger partial charge in [0.2, 0.25) is 0 Å². The summed E-state index contributed by atoms with van der Waals surface area (Å²) in [6.45, 7) is 7.21. The molecule has 1 aromatic carbocycles. The van der Waals surface area contributed by atoms with Gasteiger partial charge in [-0.2, -0.15) is 0 Å². The Morgan fingerprint density at radius 2 is 1.84 bits per heavy atom. The molecular formula is C14H20BrNO3. The van der Waals surface area contributed by atoms with Crippen LogP contribution in [-0.2, 0) is 9.53 Å². The van der Waals surface area contributed by atoms with E-state index in [9.17, 15) is 4.79 Å². The number of hydrogen-bond acceptors (Lipinski definition) is 4. The number of nitrogens with zero attached hydrogens (tertiary/aromatic N) is 1. The zero-order valence-electron chi connectivity index (χ0n) is 11.4. The molecule has 0 spiro atoms. The van der Waals surface area contributed by atoms with Crippen LogP contribution in [0.4, 0.5) is 0 Å². The Hall–Kier alpha value is -1.07. The number of carbonyl (C=O) groups is 1. The van der Waals surface area contributed by atoms with Gasteiger partial charge in [0.25, 0.3) is 0 Å². The molecular weight excluding hydrogens is 310 g/mol. The SMILES string of the molecule is CCN(CC)CCOC(=O)COc1ccc(Br)cc1. The third-order valence-corrected chi connectivity index (χ3v) is 3.26. The van der Waals surface area contributed by atoms with Crippen LogP contribution in [-0.4, -0.2) is 43.7 Å². The zero-order valence-corrected chi connectivity index (χ0v) is 13.0. The smallest absolute Gasteiger partial charge is 0.344 e. The number of carbonyl (C=O) groups excluding carboxylic acids is 1. The fourth-order valence-electron chi connectivity index (χ4n) is 1.54. The molecule has 0 heterocycles. The van der Waals surface area contributed by atoms with Gasteiger partial charge < -0.3 is 14.4 Å². The van der Waals surface area contributed by atoms with E-state index in [4.69, 9.17) is 9.47 Å². The van der Waals surface area contributed by atoms with Crippen LogP contribution in [0.5, 0.6) is 5.75 Å². The third kappa shape index (κ3) is 6.59. The number of halogens is 1. The highest BCUT2D eigenvalue weighted by Gasteiger charge is 2.05. The van der Waals surface area contributed by atoms with Gasteiger partial charge in [0.1, 0.15) is 12.4 Å². The quantitative estimate of drug-likeness (QED) is 0.687. The molecule has 0 aromatic heterocycles. The summed E-state index contributed by atoms with van der Waals surface area (Å²) in [4.78, 5) is 13.7. The van der Waals surface area contributed by atoms with E-state index in [1.165, 1.54) is 0 Å². The van der Waals surface area contributed by atoms with Crippen molar-refractivity contribution in [2.45, 2.75) is 13.8 Å². The lowest BCUT2D eigenvalue weighted by Gasteiger charge is -2.17. The first-order valence-electron chi connectivity index (χ1n) is 6.42. The topological polar surface area (TPSA) is 38.8 Å². The molecule has 0 aliphatic heterocycles. The number of hydrogen-bond donors (Lipinski definition) is 0. The molecule has 0 bridgehead atoms. The maximum absolute atomic E-state index is 11.5. The molecule has 0 aliphatic carbocycles. The van der Waals surface area contributed by atoms with Crippen molar-refractivity contribution in [3.8, 4) is 5.75 Å². The largest absolute Gasteiger partial charge is 0.482 e. The van der Waals surface area contributed by atoms with E-state index in [-0.39, 0.29) is 12.6 Å². The lowest BCUT2D eigenvalue weighted by atomic mass is 10.3. The molecule has 0 atom stereocenters. The van der Waals surface area contributed by atoms with E-state index in [0.717, 1.165) is 24.1 Å². The van der Waals surface area contributed by atoms with E-state index in [0.29, 0.717) is 12.4 Å². The second-order valence-electron chi connectivity index (χ2n) is 3.99. The molecule has 4 nitrogen and oxygen atoms in total. The standard InChI is InChI=1S/C14H20BrNO3/c1-3-16(4-2)9-10-18-14(17)11-19-13-7-5-12(15)6-8-13/h5-8H,3-4,9-11H2,1-2H3. The maximum Gasteiger partial charge on any atom is 0.344 e. The first-order valence-corrected chi connectivity index (χ1v) is 7.21.